The molecule has 2 bridgehead atoms. The van der Waals surface area contributed by atoms with E-state index < -0.39 is 11.2 Å². The monoisotopic (exact) mass is 382 g/mol. The number of hydrogen-bond acceptors (Lipinski definition) is 5. The first-order valence-electron chi connectivity index (χ1n) is 9.49. The van der Waals surface area contributed by atoms with Crippen molar-refractivity contribution in [3.8, 4) is 12.3 Å². The maximum Gasteiger partial charge on any atom is 0.319 e. The number of para-hydroxylation sites is 1. The number of rotatable bonds is 5. The van der Waals surface area contributed by atoms with Gasteiger partial charge in [0.1, 0.15) is 5.41 Å². The molecule has 5 rings (SSSR count). The molecule has 1 aromatic heterocycles. The van der Waals surface area contributed by atoms with Gasteiger partial charge in [-0.2, -0.15) is 0 Å². The number of nitrogens with zero attached hydrogens (tertiary/aromatic N) is 1. The third-order valence-electron chi connectivity index (χ3n) is 6.68. The Bertz CT molecular complexity index is 893. The molecule has 1 N–H and O–H groups in total. The summed E-state index contributed by atoms with van der Waals surface area (Å²) in [5.74, 6) is 1.74. The minimum Gasteiger partial charge on any atom is -0.468 e. The summed E-state index contributed by atoms with van der Waals surface area (Å²) < 4.78 is 17.0. The summed E-state index contributed by atoms with van der Waals surface area (Å²) in [6, 6.07) is 9.87. The highest BCUT2D eigenvalue weighted by molar-refractivity contribution is 5.88. The molecule has 0 amide bonds. The molecule has 3 fully saturated rings. The van der Waals surface area contributed by atoms with E-state index in [4.69, 9.17) is 20.6 Å². The van der Waals surface area contributed by atoms with E-state index in [9.17, 15) is 4.79 Å². The van der Waals surface area contributed by atoms with Crippen LogP contribution in [-0.2, 0) is 24.4 Å². The van der Waals surface area contributed by atoms with Crippen molar-refractivity contribution in [1.82, 2.24) is 9.88 Å². The van der Waals surface area contributed by atoms with E-state index in [-0.39, 0.29) is 17.9 Å². The van der Waals surface area contributed by atoms with Gasteiger partial charge in [0.05, 0.1) is 13.7 Å². The van der Waals surface area contributed by atoms with Crippen molar-refractivity contribution in [1.29, 1.82) is 0 Å². The largest absolute Gasteiger partial charge is 0.468 e. The number of H-pyrrole nitrogens is 1. The Morgan fingerprint density at radius 1 is 1.29 bits per heavy atom. The molecule has 3 heterocycles. The number of fused-ring (bicyclic) bond motifs is 4. The van der Waals surface area contributed by atoms with E-state index in [2.05, 4.69) is 21.9 Å². The second-order valence-electron chi connectivity index (χ2n) is 7.71. The highest BCUT2D eigenvalue weighted by Crippen LogP contribution is 2.54. The van der Waals surface area contributed by atoms with Crippen LogP contribution in [0.1, 0.15) is 18.5 Å². The summed E-state index contributed by atoms with van der Waals surface area (Å²) in [5.41, 5.74) is 1.00. The van der Waals surface area contributed by atoms with Gasteiger partial charge in [-0.3, -0.25) is 9.69 Å². The number of methoxy groups -OCH3 is 3. The normalized spacial score (nSPS) is 28.9. The predicted molar refractivity (Wildman–Crippen MR) is 106 cm³/mol. The van der Waals surface area contributed by atoms with E-state index >= 15 is 0 Å². The number of carbonyl (C=O) groups excluding carboxylic acids is 1. The summed E-state index contributed by atoms with van der Waals surface area (Å²) >= 11 is 0. The van der Waals surface area contributed by atoms with E-state index in [0.717, 1.165) is 23.1 Å². The Labute approximate surface area is 165 Å². The third-order valence-corrected chi connectivity index (χ3v) is 6.68. The number of aromatic nitrogens is 1. The lowest BCUT2D eigenvalue weighted by molar-refractivity contribution is -0.296. The lowest BCUT2D eigenvalue weighted by Gasteiger charge is -2.60. The predicted octanol–water partition coefficient (Wildman–Crippen LogP) is 2.30. The molecule has 2 aromatic rings. The first-order chi connectivity index (χ1) is 13.5. The Balaban J connectivity index is 1.89. The summed E-state index contributed by atoms with van der Waals surface area (Å²) in [7, 11) is 4.78. The minimum absolute atomic E-state index is 0.0219. The molecule has 3 aliphatic rings. The minimum atomic E-state index is -0.853. The lowest BCUT2D eigenvalue weighted by Crippen LogP contribution is -2.72. The quantitative estimate of drug-likeness (QED) is 0.488. The number of nitrogens with one attached hydrogen (secondary N) is 1. The Hall–Kier alpha value is -2.33. The Morgan fingerprint density at radius 2 is 2.04 bits per heavy atom. The van der Waals surface area contributed by atoms with Crippen LogP contribution >= 0.6 is 0 Å². The van der Waals surface area contributed by atoms with Gasteiger partial charge in [0.15, 0.2) is 5.79 Å². The van der Waals surface area contributed by atoms with Crippen molar-refractivity contribution in [3.05, 3.63) is 36.0 Å². The van der Waals surface area contributed by atoms with Crippen molar-refractivity contribution in [2.45, 2.75) is 30.1 Å². The zero-order valence-corrected chi connectivity index (χ0v) is 16.5. The van der Waals surface area contributed by atoms with Gasteiger partial charge in [-0.25, -0.2) is 0 Å². The van der Waals surface area contributed by atoms with Crippen molar-refractivity contribution < 1.29 is 19.0 Å². The third kappa shape index (κ3) is 2.51. The van der Waals surface area contributed by atoms with Crippen molar-refractivity contribution in [3.63, 3.8) is 0 Å². The average Bonchev–Trinajstić information content (AvgIpc) is 3.18. The number of piperidine rings is 2. The van der Waals surface area contributed by atoms with E-state index in [1.54, 1.807) is 14.2 Å². The van der Waals surface area contributed by atoms with Crippen molar-refractivity contribution in [2.75, 3.05) is 34.4 Å². The molecular formula is C22H26N2O4. The zero-order valence-electron chi connectivity index (χ0n) is 16.5. The molecule has 0 unspecified atom stereocenters. The fourth-order valence-electron chi connectivity index (χ4n) is 5.34. The molecule has 0 radical (unpaired) electrons. The first kappa shape index (κ1) is 19.0. The highest BCUT2D eigenvalue weighted by Gasteiger charge is 2.66. The van der Waals surface area contributed by atoms with Crippen LogP contribution in [0.4, 0.5) is 0 Å². The maximum absolute atomic E-state index is 13.3. The molecule has 6 nitrogen and oxygen atoms in total. The second kappa shape index (κ2) is 6.93. The summed E-state index contributed by atoms with van der Waals surface area (Å²) in [6.45, 7) is 1.18. The number of hydrogen-bond donors (Lipinski definition) is 1. The van der Waals surface area contributed by atoms with Crippen LogP contribution in [0.25, 0.3) is 10.9 Å². The second-order valence-corrected chi connectivity index (χ2v) is 7.71. The van der Waals surface area contributed by atoms with Crippen LogP contribution in [0.15, 0.2) is 30.3 Å². The molecule has 28 heavy (non-hydrogen) atoms. The molecule has 2 saturated heterocycles. The number of terminal acetylenes is 1. The highest BCUT2D eigenvalue weighted by atomic mass is 16.7. The summed E-state index contributed by atoms with van der Waals surface area (Å²) in [4.78, 5) is 19.0. The molecule has 3 atom stereocenters. The van der Waals surface area contributed by atoms with Gasteiger partial charge >= 0.3 is 5.97 Å². The first-order valence-corrected chi connectivity index (χ1v) is 9.49. The zero-order chi connectivity index (χ0) is 19.9. The number of esters is 1. The summed E-state index contributed by atoms with van der Waals surface area (Å²) in [5, 5.41) is 1.07. The van der Waals surface area contributed by atoms with Crippen LogP contribution < -0.4 is 0 Å². The van der Waals surface area contributed by atoms with E-state index in [1.165, 1.54) is 7.11 Å². The molecule has 1 saturated carbocycles. The van der Waals surface area contributed by atoms with Crippen LogP contribution in [0.3, 0.4) is 0 Å². The van der Waals surface area contributed by atoms with Crippen molar-refractivity contribution in [2.24, 2.45) is 5.92 Å². The fourth-order valence-corrected chi connectivity index (χ4v) is 5.34. The van der Waals surface area contributed by atoms with Gasteiger partial charge in [0.2, 0.25) is 0 Å². The van der Waals surface area contributed by atoms with Crippen molar-refractivity contribution >= 4 is 16.9 Å². The molecule has 2 aliphatic heterocycles. The van der Waals surface area contributed by atoms with Gasteiger partial charge < -0.3 is 19.2 Å². The van der Waals surface area contributed by atoms with Gasteiger partial charge in [0.25, 0.3) is 0 Å². The van der Waals surface area contributed by atoms with E-state index in [1.807, 2.05) is 24.3 Å². The Morgan fingerprint density at radius 3 is 2.64 bits per heavy atom. The standard InChI is InChI=1S/C22H26N2O4/c1-5-10-24-14-16-12-21(20(25)26-2,19(24)13-22(16,27-3)28-4)18-11-15-8-6-7-9-17(15)23-18/h1,6-9,11,16,19,23H,10,12-14H2,2-4H3/t16-,19+,21-/m0/s1. The van der Waals surface area contributed by atoms with Gasteiger partial charge in [-0.05, 0) is 23.9 Å². The number of benzene rings is 1. The number of aromatic amines is 1. The number of carbonyl (C=O) groups is 1. The van der Waals surface area contributed by atoms with Crippen LogP contribution in [-0.4, -0.2) is 62.1 Å². The molecule has 1 aliphatic carbocycles. The number of ether oxygens (including phenoxy) is 3. The topological polar surface area (TPSA) is 63.8 Å². The van der Waals surface area contributed by atoms with Gasteiger partial charge in [0, 0.05) is 50.4 Å². The Kier molecular flexibility index (Phi) is 4.70. The molecule has 1 aromatic carbocycles. The van der Waals surface area contributed by atoms with Crippen LogP contribution in [0.2, 0.25) is 0 Å². The lowest BCUT2D eigenvalue weighted by atomic mass is 9.58. The maximum atomic E-state index is 13.3. The smallest absolute Gasteiger partial charge is 0.319 e. The summed E-state index contributed by atoms with van der Waals surface area (Å²) in [6.07, 6.45) is 6.75. The van der Waals surface area contributed by atoms with Gasteiger partial charge in [-0.15, -0.1) is 6.42 Å². The van der Waals surface area contributed by atoms with Crippen LogP contribution in [0.5, 0.6) is 0 Å². The average molecular weight is 382 g/mol. The van der Waals surface area contributed by atoms with E-state index in [0.29, 0.717) is 19.4 Å². The van der Waals surface area contributed by atoms with Crippen LogP contribution in [0, 0.1) is 18.3 Å². The molecule has 0 spiro atoms. The molecule has 148 valence electrons. The molecular weight excluding hydrogens is 356 g/mol. The fraction of sp³-hybridized carbons (Fsp3) is 0.500. The SMILES string of the molecule is C#CCN1C[C@@H]2C[C@](C(=O)OC)(c3cc4ccccc4[nH]3)[C@H]1CC2(OC)OC. The van der Waals surface area contributed by atoms with Gasteiger partial charge in [-0.1, -0.05) is 24.1 Å². The molecule has 6 heteroatoms.